The predicted octanol–water partition coefficient (Wildman–Crippen LogP) is 3.65. The minimum atomic E-state index is -4.57. The zero-order chi connectivity index (χ0) is 27.9. The van der Waals surface area contributed by atoms with Gasteiger partial charge >= 0.3 is 6.18 Å². The molecular formula is C26H25F3N6O3S. The van der Waals surface area contributed by atoms with E-state index in [1.165, 1.54) is 18.5 Å². The van der Waals surface area contributed by atoms with E-state index in [-0.39, 0.29) is 29.6 Å². The normalized spacial score (nSPS) is 16.6. The lowest BCUT2D eigenvalue weighted by Gasteiger charge is -2.41. The fraction of sp³-hybridized carbons (Fsp3) is 0.308. The zero-order valence-electron chi connectivity index (χ0n) is 21.1. The van der Waals surface area contributed by atoms with Gasteiger partial charge in [0.1, 0.15) is 12.2 Å². The molecule has 4 heterocycles. The summed E-state index contributed by atoms with van der Waals surface area (Å²) in [6.07, 6.45) is 2.29. The molecule has 0 bridgehead atoms. The predicted molar refractivity (Wildman–Crippen MR) is 139 cm³/mol. The van der Waals surface area contributed by atoms with E-state index >= 15 is 0 Å². The molecular weight excluding hydrogens is 533 g/mol. The molecule has 3 aromatic heterocycles. The summed E-state index contributed by atoms with van der Waals surface area (Å²) in [7, 11) is -3.67. The van der Waals surface area contributed by atoms with Crippen molar-refractivity contribution in [3.05, 3.63) is 66.7 Å². The number of hydrogen-bond donors (Lipinski definition) is 0. The van der Waals surface area contributed by atoms with Crippen LogP contribution in [0, 0.1) is 0 Å². The first-order valence-corrected chi connectivity index (χ1v) is 14.0. The fourth-order valence-corrected chi connectivity index (χ4v) is 5.29. The smallest absolute Gasteiger partial charge is 0.367 e. The van der Waals surface area contributed by atoms with E-state index in [2.05, 4.69) is 15.0 Å². The molecule has 0 aliphatic carbocycles. The molecule has 1 aromatic carbocycles. The van der Waals surface area contributed by atoms with E-state index in [1.54, 1.807) is 15.7 Å². The van der Waals surface area contributed by atoms with Crippen LogP contribution in [0.5, 0.6) is 0 Å². The lowest BCUT2D eigenvalue weighted by Crippen LogP contribution is -2.54. The molecule has 1 fully saturated rings. The first-order chi connectivity index (χ1) is 18.4. The summed E-state index contributed by atoms with van der Waals surface area (Å²) in [4.78, 5) is 28.9. The van der Waals surface area contributed by atoms with E-state index in [0.29, 0.717) is 25.3 Å². The van der Waals surface area contributed by atoms with Gasteiger partial charge in [-0.15, -0.1) is 0 Å². The van der Waals surface area contributed by atoms with Gasteiger partial charge < -0.3 is 14.4 Å². The van der Waals surface area contributed by atoms with E-state index in [4.69, 9.17) is 0 Å². The summed E-state index contributed by atoms with van der Waals surface area (Å²) in [5.74, 6) is -0.0808. The Balaban J connectivity index is 1.39. The summed E-state index contributed by atoms with van der Waals surface area (Å²) in [5.41, 5.74) is 0.861. The number of alkyl halides is 3. The monoisotopic (exact) mass is 558 g/mol. The Kier molecular flexibility index (Phi) is 6.79. The number of aromatic nitrogens is 4. The largest absolute Gasteiger partial charge is 0.416 e. The number of piperazine rings is 1. The van der Waals surface area contributed by atoms with Gasteiger partial charge in [-0.2, -0.15) is 13.2 Å². The Morgan fingerprint density at radius 1 is 1.08 bits per heavy atom. The van der Waals surface area contributed by atoms with Crippen LogP contribution in [0.4, 0.5) is 18.9 Å². The Morgan fingerprint density at radius 3 is 2.49 bits per heavy atom. The minimum absolute atomic E-state index is 0.0808. The van der Waals surface area contributed by atoms with Crippen LogP contribution in [0.1, 0.15) is 12.5 Å². The van der Waals surface area contributed by atoms with Crippen LogP contribution in [0.2, 0.25) is 0 Å². The topological polar surface area (TPSA) is 101 Å². The number of fused-ring (bicyclic) bond motifs is 1. The molecule has 39 heavy (non-hydrogen) atoms. The summed E-state index contributed by atoms with van der Waals surface area (Å²) in [6, 6.07) is 8.85. The SMILES string of the molecule is CC1CN(c2ccc(C(F)(F)F)cc2-c2cnc(S(C)(=O)=O)nc2)CCN1C(=O)Cn1ccc2cccnc21. The van der Waals surface area contributed by atoms with E-state index in [0.717, 1.165) is 29.4 Å². The van der Waals surface area contributed by atoms with Crippen LogP contribution in [0.15, 0.2) is 66.3 Å². The van der Waals surface area contributed by atoms with Crippen LogP contribution in [-0.2, 0) is 27.4 Å². The second kappa shape index (κ2) is 9.95. The third-order valence-corrected chi connectivity index (χ3v) is 7.59. The van der Waals surface area contributed by atoms with Gasteiger partial charge in [0, 0.05) is 78.9 Å². The number of benzene rings is 1. The van der Waals surface area contributed by atoms with Crippen molar-refractivity contribution in [2.24, 2.45) is 0 Å². The highest BCUT2D eigenvalue weighted by molar-refractivity contribution is 7.90. The van der Waals surface area contributed by atoms with Gasteiger partial charge in [0.05, 0.1) is 5.56 Å². The number of carbonyl (C=O) groups excluding carboxylic acids is 1. The number of nitrogens with zero attached hydrogens (tertiary/aromatic N) is 6. The van der Waals surface area contributed by atoms with Crippen LogP contribution >= 0.6 is 0 Å². The maximum absolute atomic E-state index is 13.6. The number of rotatable bonds is 5. The number of hydrogen-bond acceptors (Lipinski definition) is 7. The standard InChI is InChI=1S/C26H25F3N6O3S/c1-17-15-33(10-11-35(17)23(36)16-34-9-7-18-4-3-8-30-24(18)34)22-6-5-20(26(27,28)29)12-21(22)19-13-31-25(32-14-19)39(2,37)38/h3-9,12-14,17H,10-11,15-16H2,1-2H3. The summed E-state index contributed by atoms with van der Waals surface area (Å²) >= 11 is 0. The molecule has 4 aromatic rings. The third kappa shape index (κ3) is 5.44. The van der Waals surface area contributed by atoms with Crippen molar-refractivity contribution >= 4 is 32.5 Å². The maximum Gasteiger partial charge on any atom is 0.416 e. The highest BCUT2D eigenvalue weighted by atomic mass is 32.2. The number of carbonyl (C=O) groups is 1. The second-order valence-electron chi connectivity index (χ2n) is 9.50. The van der Waals surface area contributed by atoms with Gasteiger partial charge in [-0.25, -0.2) is 23.4 Å². The maximum atomic E-state index is 13.6. The Labute approximate surface area is 222 Å². The molecule has 1 unspecified atom stereocenters. The molecule has 1 atom stereocenters. The Hall–Kier alpha value is -4.00. The molecule has 0 radical (unpaired) electrons. The number of sulfone groups is 1. The molecule has 1 amide bonds. The average Bonchev–Trinajstić information content (AvgIpc) is 3.30. The van der Waals surface area contributed by atoms with Gasteiger partial charge in [0.2, 0.25) is 20.9 Å². The van der Waals surface area contributed by atoms with Crippen LogP contribution in [0.25, 0.3) is 22.2 Å². The average molecular weight is 559 g/mol. The number of amides is 1. The van der Waals surface area contributed by atoms with Crippen molar-refractivity contribution in [2.45, 2.75) is 30.8 Å². The van der Waals surface area contributed by atoms with Crippen LogP contribution in [-0.4, -0.2) is 70.7 Å². The number of pyridine rings is 1. The molecule has 0 N–H and O–H groups in total. The van der Waals surface area contributed by atoms with E-state index in [1.807, 2.05) is 36.2 Å². The Morgan fingerprint density at radius 2 is 1.82 bits per heavy atom. The molecule has 5 rings (SSSR count). The van der Waals surface area contributed by atoms with E-state index in [9.17, 15) is 26.4 Å². The highest BCUT2D eigenvalue weighted by Crippen LogP contribution is 2.38. The van der Waals surface area contributed by atoms with Crippen LogP contribution in [0.3, 0.4) is 0 Å². The van der Waals surface area contributed by atoms with Gasteiger partial charge in [0.25, 0.3) is 0 Å². The molecule has 9 nitrogen and oxygen atoms in total. The van der Waals surface area contributed by atoms with Gasteiger partial charge in [-0.1, -0.05) is 0 Å². The lowest BCUT2D eigenvalue weighted by atomic mass is 10.0. The summed E-state index contributed by atoms with van der Waals surface area (Å²) in [6.45, 7) is 3.17. The molecule has 1 saturated heterocycles. The molecule has 0 spiro atoms. The number of halogens is 3. The molecule has 1 aliphatic heterocycles. The van der Waals surface area contributed by atoms with Gasteiger partial charge in [-0.3, -0.25) is 4.79 Å². The molecule has 13 heteroatoms. The van der Waals surface area contributed by atoms with Crippen molar-refractivity contribution in [1.29, 1.82) is 0 Å². The Bertz CT molecular complexity index is 1640. The van der Waals surface area contributed by atoms with Crippen molar-refractivity contribution in [2.75, 3.05) is 30.8 Å². The molecule has 1 aliphatic rings. The van der Waals surface area contributed by atoms with E-state index < -0.39 is 26.7 Å². The summed E-state index contributed by atoms with van der Waals surface area (Å²) < 4.78 is 66.0. The van der Waals surface area contributed by atoms with Crippen molar-refractivity contribution in [1.82, 2.24) is 24.4 Å². The van der Waals surface area contributed by atoms with Crippen LogP contribution < -0.4 is 4.90 Å². The quantitative estimate of drug-likeness (QED) is 0.345. The minimum Gasteiger partial charge on any atom is -0.367 e. The van der Waals surface area contributed by atoms with Gasteiger partial charge in [0.15, 0.2) is 0 Å². The van der Waals surface area contributed by atoms with Crippen molar-refractivity contribution < 1.29 is 26.4 Å². The zero-order valence-corrected chi connectivity index (χ0v) is 21.9. The third-order valence-electron chi connectivity index (χ3n) is 6.71. The lowest BCUT2D eigenvalue weighted by molar-refractivity contribution is -0.137. The van der Waals surface area contributed by atoms with Gasteiger partial charge in [-0.05, 0) is 43.3 Å². The molecule has 204 valence electrons. The first-order valence-electron chi connectivity index (χ1n) is 12.1. The first kappa shape index (κ1) is 26.6. The fourth-order valence-electron chi connectivity index (χ4n) is 4.80. The van der Waals surface area contributed by atoms with Crippen molar-refractivity contribution in [3.8, 4) is 11.1 Å². The summed E-state index contributed by atoms with van der Waals surface area (Å²) in [5, 5.41) is 0.526. The second-order valence-corrected chi connectivity index (χ2v) is 11.4. The molecule has 0 saturated carbocycles. The number of anilines is 1. The van der Waals surface area contributed by atoms with Crippen molar-refractivity contribution in [3.63, 3.8) is 0 Å². The highest BCUT2D eigenvalue weighted by Gasteiger charge is 2.33.